The lowest BCUT2D eigenvalue weighted by Gasteiger charge is -2.14. The van der Waals surface area contributed by atoms with E-state index < -0.39 is 5.97 Å². The third-order valence-corrected chi connectivity index (χ3v) is 3.52. The molecule has 4 heteroatoms. The van der Waals surface area contributed by atoms with Gasteiger partial charge in [0.15, 0.2) is 0 Å². The molecule has 0 amide bonds. The molecular weight excluding hydrogens is 302 g/mol. The van der Waals surface area contributed by atoms with Crippen LogP contribution in [0.4, 0.5) is 11.4 Å². The number of hydrogen-bond acceptors (Lipinski definition) is 3. The second-order valence-corrected chi connectivity index (χ2v) is 5.28. The van der Waals surface area contributed by atoms with E-state index in [-0.39, 0.29) is 5.56 Å². The number of carboxylic acids is 1. The summed E-state index contributed by atoms with van der Waals surface area (Å²) in [6.07, 6.45) is 0. The maximum Gasteiger partial charge on any atom is 0.335 e. The molecule has 0 saturated carbocycles. The van der Waals surface area contributed by atoms with Crippen molar-refractivity contribution in [2.75, 3.05) is 5.32 Å². The number of anilines is 2. The largest absolute Gasteiger partial charge is 0.487 e. The highest BCUT2D eigenvalue weighted by molar-refractivity contribution is 5.89. The lowest BCUT2D eigenvalue weighted by molar-refractivity contribution is 0.0696. The Labute approximate surface area is 140 Å². The van der Waals surface area contributed by atoms with Crippen LogP contribution in [-0.4, -0.2) is 11.1 Å². The van der Waals surface area contributed by atoms with Gasteiger partial charge in [-0.2, -0.15) is 0 Å². The Morgan fingerprint density at radius 3 is 2.25 bits per heavy atom. The molecule has 0 radical (unpaired) electrons. The van der Waals surface area contributed by atoms with Crippen LogP contribution in [0, 0.1) is 0 Å². The van der Waals surface area contributed by atoms with Crippen molar-refractivity contribution >= 4 is 17.3 Å². The monoisotopic (exact) mass is 319 g/mol. The van der Waals surface area contributed by atoms with Crippen molar-refractivity contribution in [2.45, 2.75) is 6.61 Å². The number of hydrogen-bond donors (Lipinski definition) is 2. The maximum atomic E-state index is 11.2. The zero-order valence-electron chi connectivity index (χ0n) is 13.0. The first-order chi connectivity index (χ1) is 11.7. The van der Waals surface area contributed by atoms with E-state index in [0.29, 0.717) is 12.4 Å². The van der Waals surface area contributed by atoms with E-state index in [1.54, 1.807) is 12.1 Å². The van der Waals surface area contributed by atoms with Crippen LogP contribution in [0.1, 0.15) is 15.9 Å². The molecule has 0 aromatic heterocycles. The topological polar surface area (TPSA) is 58.6 Å². The van der Waals surface area contributed by atoms with E-state index in [1.807, 2.05) is 60.7 Å². The predicted octanol–water partition coefficient (Wildman–Crippen LogP) is 4.71. The molecule has 0 bridgehead atoms. The number of rotatable bonds is 6. The molecule has 0 fully saturated rings. The Morgan fingerprint density at radius 1 is 0.917 bits per heavy atom. The van der Waals surface area contributed by atoms with Gasteiger partial charge in [0.05, 0.1) is 11.3 Å². The van der Waals surface area contributed by atoms with Crippen LogP contribution in [0.15, 0.2) is 78.9 Å². The average molecular weight is 319 g/mol. The minimum absolute atomic E-state index is 0.191. The zero-order chi connectivity index (χ0) is 16.8. The van der Waals surface area contributed by atoms with Gasteiger partial charge < -0.3 is 15.2 Å². The van der Waals surface area contributed by atoms with Gasteiger partial charge in [0.1, 0.15) is 12.4 Å². The first kappa shape index (κ1) is 15.6. The van der Waals surface area contributed by atoms with Crippen molar-refractivity contribution < 1.29 is 14.6 Å². The summed E-state index contributed by atoms with van der Waals surface area (Å²) in [6.45, 7) is 0.368. The van der Waals surface area contributed by atoms with Crippen LogP contribution < -0.4 is 10.1 Å². The van der Waals surface area contributed by atoms with Crippen LogP contribution in [-0.2, 0) is 6.61 Å². The highest BCUT2D eigenvalue weighted by Crippen LogP contribution is 2.29. The first-order valence-corrected chi connectivity index (χ1v) is 7.58. The van der Waals surface area contributed by atoms with Crippen LogP contribution in [0.2, 0.25) is 0 Å². The third-order valence-electron chi connectivity index (χ3n) is 3.52. The number of nitrogens with one attached hydrogen (secondary N) is 1. The fraction of sp³-hybridized carbons (Fsp3) is 0.0500. The van der Waals surface area contributed by atoms with Gasteiger partial charge in [-0.15, -0.1) is 0 Å². The standard InChI is InChI=1S/C20H17NO3/c22-20(23)16-11-12-18(21-17-9-5-2-6-10-17)19(13-16)24-14-15-7-3-1-4-8-15/h1-13,21H,14H2,(H,22,23). The molecule has 24 heavy (non-hydrogen) atoms. The van der Waals surface area contributed by atoms with E-state index in [9.17, 15) is 9.90 Å². The molecule has 0 saturated heterocycles. The normalized spacial score (nSPS) is 10.2. The Hall–Kier alpha value is -3.27. The van der Waals surface area contributed by atoms with Crippen LogP contribution >= 0.6 is 0 Å². The molecule has 0 aliphatic rings. The number of carbonyl (C=O) groups is 1. The maximum absolute atomic E-state index is 11.2. The molecule has 0 heterocycles. The summed E-state index contributed by atoms with van der Waals surface area (Å²) < 4.78 is 5.86. The fourth-order valence-electron chi connectivity index (χ4n) is 2.29. The molecule has 4 nitrogen and oxygen atoms in total. The molecule has 3 rings (SSSR count). The summed E-state index contributed by atoms with van der Waals surface area (Å²) in [4.78, 5) is 11.2. The first-order valence-electron chi connectivity index (χ1n) is 7.58. The Balaban J connectivity index is 1.85. The second-order valence-electron chi connectivity index (χ2n) is 5.28. The van der Waals surface area contributed by atoms with Gasteiger partial charge in [0.2, 0.25) is 0 Å². The van der Waals surface area contributed by atoms with Gasteiger partial charge in [0, 0.05) is 5.69 Å². The minimum Gasteiger partial charge on any atom is -0.487 e. The second kappa shape index (κ2) is 7.33. The van der Waals surface area contributed by atoms with E-state index in [0.717, 1.165) is 16.9 Å². The van der Waals surface area contributed by atoms with Gasteiger partial charge in [-0.25, -0.2) is 4.79 Å². The zero-order valence-corrected chi connectivity index (χ0v) is 13.0. The molecule has 0 unspecified atom stereocenters. The number of aromatic carboxylic acids is 1. The number of benzene rings is 3. The number of ether oxygens (including phenoxy) is 1. The molecule has 0 aliphatic heterocycles. The Bertz CT molecular complexity index is 817. The summed E-state index contributed by atoms with van der Waals surface area (Å²) >= 11 is 0. The minimum atomic E-state index is -0.981. The molecule has 0 aliphatic carbocycles. The molecule has 120 valence electrons. The molecular formula is C20H17NO3. The van der Waals surface area contributed by atoms with Crippen molar-refractivity contribution in [3.05, 3.63) is 90.0 Å². The van der Waals surface area contributed by atoms with Gasteiger partial charge in [-0.05, 0) is 35.9 Å². The number of para-hydroxylation sites is 1. The SMILES string of the molecule is O=C(O)c1ccc(Nc2ccccc2)c(OCc2ccccc2)c1. The van der Waals surface area contributed by atoms with Crippen molar-refractivity contribution in [2.24, 2.45) is 0 Å². The van der Waals surface area contributed by atoms with Gasteiger partial charge in [0.25, 0.3) is 0 Å². The summed E-state index contributed by atoms with van der Waals surface area (Å²) in [6, 6.07) is 24.2. The number of carboxylic acid groups (broad SMARTS) is 1. The highest BCUT2D eigenvalue weighted by atomic mass is 16.5. The summed E-state index contributed by atoms with van der Waals surface area (Å²) in [5.41, 5.74) is 2.84. The average Bonchev–Trinajstić information content (AvgIpc) is 2.62. The van der Waals surface area contributed by atoms with Gasteiger partial charge >= 0.3 is 5.97 Å². The van der Waals surface area contributed by atoms with Crippen LogP contribution in [0.5, 0.6) is 5.75 Å². The Morgan fingerprint density at radius 2 is 1.58 bits per heavy atom. The van der Waals surface area contributed by atoms with Gasteiger partial charge in [-0.3, -0.25) is 0 Å². The van der Waals surface area contributed by atoms with Gasteiger partial charge in [-0.1, -0.05) is 48.5 Å². The van der Waals surface area contributed by atoms with Crippen molar-refractivity contribution in [3.8, 4) is 5.75 Å². The molecule has 2 N–H and O–H groups in total. The van der Waals surface area contributed by atoms with E-state index in [1.165, 1.54) is 6.07 Å². The lowest BCUT2D eigenvalue weighted by atomic mass is 10.1. The molecule has 3 aromatic rings. The van der Waals surface area contributed by atoms with Crippen molar-refractivity contribution in [1.29, 1.82) is 0 Å². The quantitative estimate of drug-likeness (QED) is 0.691. The molecule has 0 atom stereocenters. The summed E-state index contributed by atoms with van der Waals surface area (Å²) in [5, 5.41) is 12.5. The van der Waals surface area contributed by atoms with E-state index in [2.05, 4.69) is 5.32 Å². The van der Waals surface area contributed by atoms with Crippen molar-refractivity contribution in [3.63, 3.8) is 0 Å². The fourth-order valence-corrected chi connectivity index (χ4v) is 2.29. The lowest BCUT2D eigenvalue weighted by Crippen LogP contribution is -2.02. The third kappa shape index (κ3) is 3.93. The smallest absolute Gasteiger partial charge is 0.335 e. The summed E-state index contributed by atoms with van der Waals surface area (Å²) in [5.74, 6) is -0.478. The predicted molar refractivity (Wildman–Crippen MR) is 93.9 cm³/mol. The highest BCUT2D eigenvalue weighted by Gasteiger charge is 2.10. The van der Waals surface area contributed by atoms with Crippen molar-refractivity contribution in [1.82, 2.24) is 0 Å². The van der Waals surface area contributed by atoms with E-state index in [4.69, 9.17) is 4.74 Å². The molecule has 3 aromatic carbocycles. The van der Waals surface area contributed by atoms with Crippen LogP contribution in [0.25, 0.3) is 0 Å². The van der Waals surface area contributed by atoms with E-state index >= 15 is 0 Å². The Kier molecular flexibility index (Phi) is 4.77. The summed E-state index contributed by atoms with van der Waals surface area (Å²) in [7, 11) is 0. The molecule has 0 spiro atoms. The van der Waals surface area contributed by atoms with Crippen LogP contribution in [0.3, 0.4) is 0 Å².